The minimum Gasteiger partial charge on any atom is -0.508 e. The lowest BCUT2D eigenvalue weighted by molar-refractivity contribution is -0.137. The number of halogens is 4. The predicted molar refractivity (Wildman–Crippen MR) is 127 cm³/mol. The minimum absolute atomic E-state index is 0.00766. The minimum atomic E-state index is -4.60. The number of rotatable bonds is 4. The highest BCUT2D eigenvalue weighted by Crippen LogP contribution is 2.45. The number of hydrogen-bond acceptors (Lipinski definition) is 5. The molecule has 0 aromatic heterocycles. The van der Waals surface area contributed by atoms with Gasteiger partial charge in [0.15, 0.2) is 0 Å². The first-order chi connectivity index (χ1) is 16.9. The van der Waals surface area contributed by atoms with E-state index >= 15 is 0 Å². The molecule has 4 rings (SSSR count). The lowest BCUT2D eigenvalue weighted by Gasteiger charge is -2.26. The zero-order chi connectivity index (χ0) is 26.4. The fourth-order valence-electron chi connectivity index (χ4n) is 4.18. The number of ketones is 1. The van der Waals surface area contributed by atoms with Crippen molar-refractivity contribution in [3.63, 3.8) is 0 Å². The third-order valence-electron chi connectivity index (χ3n) is 5.75. The molecular formula is C26H19ClF3NO5. The number of carbonyl (C=O) groups is 2. The number of anilines is 1. The number of amides is 1. The molecule has 0 radical (unpaired) electrons. The number of ether oxygens (including phenoxy) is 1. The summed E-state index contributed by atoms with van der Waals surface area (Å²) in [4.78, 5) is 27.4. The van der Waals surface area contributed by atoms with Crippen LogP contribution in [0.15, 0.2) is 66.2 Å². The van der Waals surface area contributed by atoms with Crippen molar-refractivity contribution in [3.8, 4) is 11.5 Å². The van der Waals surface area contributed by atoms with Crippen molar-refractivity contribution in [2.24, 2.45) is 0 Å². The van der Waals surface area contributed by atoms with E-state index in [0.717, 1.165) is 29.2 Å². The maximum atomic E-state index is 13.2. The molecule has 1 atom stereocenters. The fraction of sp³-hybridized carbons (Fsp3) is 0.154. The van der Waals surface area contributed by atoms with Gasteiger partial charge in [0.1, 0.15) is 17.3 Å². The van der Waals surface area contributed by atoms with Gasteiger partial charge in [-0.1, -0.05) is 23.7 Å². The van der Waals surface area contributed by atoms with Gasteiger partial charge in [-0.3, -0.25) is 14.5 Å². The molecule has 3 aromatic carbocycles. The van der Waals surface area contributed by atoms with E-state index in [1.54, 1.807) is 13.0 Å². The van der Waals surface area contributed by atoms with Crippen molar-refractivity contribution in [3.05, 3.63) is 93.5 Å². The molecule has 1 saturated heterocycles. The molecule has 0 saturated carbocycles. The highest BCUT2D eigenvalue weighted by Gasteiger charge is 2.47. The van der Waals surface area contributed by atoms with E-state index in [0.29, 0.717) is 5.56 Å². The van der Waals surface area contributed by atoms with Crippen LogP contribution in [0.5, 0.6) is 11.5 Å². The zero-order valence-corrected chi connectivity index (χ0v) is 19.7. The van der Waals surface area contributed by atoms with Crippen LogP contribution in [-0.2, 0) is 15.8 Å². The maximum Gasteiger partial charge on any atom is 0.416 e. The Morgan fingerprint density at radius 1 is 1.06 bits per heavy atom. The first-order valence-corrected chi connectivity index (χ1v) is 10.9. The normalized spacial score (nSPS) is 17.5. The highest BCUT2D eigenvalue weighted by molar-refractivity contribution is 6.51. The maximum absolute atomic E-state index is 13.2. The number of nitrogens with zero attached hydrogens (tertiary/aromatic N) is 1. The average molecular weight is 518 g/mol. The summed E-state index contributed by atoms with van der Waals surface area (Å²) in [5.41, 5.74) is -0.354. The summed E-state index contributed by atoms with van der Waals surface area (Å²) in [6.45, 7) is 1.70. The van der Waals surface area contributed by atoms with Gasteiger partial charge in [-0.15, -0.1) is 0 Å². The third-order valence-corrected chi connectivity index (χ3v) is 6.03. The number of aryl methyl sites for hydroxylation is 1. The first kappa shape index (κ1) is 25.1. The van der Waals surface area contributed by atoms with Crippen LogP contribution in [-0.4, -0.2) is 29.0 Å². The molecular weight excluding hydrogens is 499 g/mol. The van der Waals surface area contributed by atoms with Crippen LogP contribution in [0.4, 0.5) is 18.9 Å². The van der Waals surface area contributed by atoms with Gasteiger partial charge in [0.25, 0.3) is 11.7 Å². The molecule has 186 valence electrons. The van der Waals surface area contributed by atoms with Crippen molar-refractivity contribution in [2.75, 3.05) is 12.0 Å². The number of aromatic hydroxyl groups is 1. The van der Waals surface area contributed by atoms with Crippen molar-refractivity contribution in [1.82, 2.24) is 0 Å². The summed E-state index contributed by atoms with van der Waals surface area (Å²) >= 11 is 6.26. The molecule has 6 nitrogen and oxygen atoms in total. The Morgan fingerprint density at radius 2 is 1.72 bits per heavy atom. The Kier molecular flexibility index (Phi) is 6.44. The van der Waals surface area contributed by atoms with Gasteiger partial charge in [-0.05, 0) is 66.6 Å². The molecule has 36 heavy (non-hydrogen) atoms. The number of phenolic OH excluding ortho intramolecular Hbond substituents is 1. The first-order valence-electron chi connectivity index (χ1n) is 10.6. The number of carbonyl (C=O) groups excluding carboxylic acids is 2. The number of phenols is 1. The second kappa shape index (κ2) is 9.23. The average Bonchev–Trinajstić information content (AvgIpc) is 3.08. The second-order valence-electron chi connectivity index (χ2n) is 8.14. The summed E-state index contributed by atoms with van der Waals surface area (Å²) < 4.78 is 44.6. The number of Topliss-reactive ketones (excluding diaryl/α,β-unsaturated/α-hetero) is 1. The molecule has 1 unspecified atom stereocenters. The lowest BCUT2D eigenvalue weighted by atomic mass is 9.94. The quantitative estimate of drug-likeness (QED) is 0.251. The SMILES string of the molecule is COc1c(Cl)cc(C)cc1/C(O)=C1\C(=O)C(=O)N(c2ccc(C(F)(F)F)cc2)C1c1cccc(O)c1. The number of alkyl halides is 3. The van der Waals surface area contributed by atoms with E-state index in [9.17, 15) is 33.0 Å². The topological polar surface area (TPSA) is 87.1 Å². The largest absolute Gasteiger partial charge is 0.508 e. The smallest absolute Gasteiger partial charge is 0.416 e. The van der Waals surface area contributed by atoms with Crippen LogP contribution in [0.25, 0.3) is 5.76 Å². The number of methoxy groups -OCH3 is 1. The monoisotopic (exact) mass is 517 g/mol. The van der Waals surface area contributed by atoms with Gasteiger partial charge in [0.05, 0.1) is 34.9 Å². The Labute approximate surface area is 208 Å². The Balaban J connectivity index is 1.97. The molecule has 10 heteroatoms. The van der Waals surface area contributed by atoms with Crippen molar-refractivity contribution < 1.29 is 37.7 Å². The molecule has 3 aromatic rings. The summed E-state index contributed by atoms with van der Waals surface area (Å²) in [6, 6.07) is 11.2. The standard InChI is InChI=1S/C26H19ClF3NO5/c1-13-10-18(24(36-2)19(27)11-13)22(33)20-21(14-4-3-5-17(32)12-14)31(25(35)23(20)34)16-8-6-15(7-9-16)26(28,29)30/h3-12,21,32-33H,1-2H3/b22-20+. The zero-order valence-electron chi connectivity index (χ0n) is 18.9. The van der Waals surface area contributed by atoms with E-state index < -0.39 is 35.2 Å². The van der Waals surface area contributed by atoms with E-state index in [-0.39, 0.29) is 38.9 Å². The highest BCUT2D eigenvalue weighted by atomic mass is 35.5. The molecule has 1 aliphatic rings. The number of aliphatic hydroxyl groups is 1. The number of hydrogen-bond donors (Lipinski definition) is 2. The van der Waals surface area contributed by atoms with Gasteiger partial charge in [-0.2, -0.15) is 13.2 Å². The van der Waals surface area contributed by atoms with Gasteiger partial charge in [0, 0.05) is 5.69 Å². The van der Waals surface area contributed by atoms with Crippen LogP contribution >= 0.6 is 11.6 Å². The molecule has 1 heterocycles. The summed E-state index contributed by atoms with van der Waals surface area (Å²) in [5.74, 6) is -2.84. The van der Waals surface area contributed by atoms with Crippen molar-refractivity contribution in [2.45, 2.75) is 19.1 Å². The molecule has 0 bridgehead atoms. The Bertz CT molecular complexity index is 1400. The Hall–Kier alpha value is -3.98. The van der Waals surface area contributed by atoms with Gasteiger partial charge in [-0.25, -0.2) is 0 Å². The lowest BCUT2D eigenvalue weighted by Crippen LogP contribution is -2.29. The molecule has 0 aliphatic carbocycles. The van der Waals surface area contributed by atoms with Gasteiger partial charge >= 0.3 is 6.18 Å². The summed E-state index contributed by atoms with van der Waals surface area (Å²) in [5, 5.41) is 21.5. The van der Waals surface area contributed by atoms with Gasteiger partial charge in [0.2, 0.25) is 0 Å². The van der Waals surface area contributed by atoms with Crippen LogP contribution in [0.3, 0.4) is 0 Å². The number of aliphatic hydroxyl groups excluding tert-OH is 1. The molecule has 1 fully saturated rings. The van der Waals surface area contributed by atoms with E-state index in [4.69, 9.17) is 16.3 Å². The van der Waals surface area contributed by atoms with E-state index in [1.807, 2.05) is 0 Å². The second-order valence-corrected chi connectivity index (χ2v) is 8.54. The van der Waals surface area contributed by atoms with Crippen LogP contribution in [0.1, 0.15) is 28.3 Å². The van der Waals surface area contributed by atoms with Crippen LogP contribution < -0.4 is 9.64 Å². The molecule has 1 amide bonds. The predicted octanol–water partition coefficient (Wildman–Crippen LogP) is 6.01. The fourth-order valence-corrected chi connectivity index (χ4v) is 4.53. The van der Waals surface area contributed by atoms with E-state index in [2.05, 4.69) is 0 Å². The van der Waals surface area contributed by atoms with Crippen LogP contribution in [0, 0.1) is 6.92 Å². The van der Waals surface area contributed by atoms with Gasteiger partial charge < -0.3 is 14.9 Å². The molecule has 1 aliphatic heterocycles. The molecule has 0 spiro atoms. The molecule has 2 N–H and O–H groups in total. The van der Waals surface area contributed by atoms with Crippen molar-refractivity contribution in [1.29, 1.82) is 0 Å². The number of benzene rings is 3. The summed E-state index contributed by atoms with van der Waals surface area (Å²) in [6.07, 6.45) is -4.60. The van der Waals surface area contributed by atoms with Crippen LogP contribution in [0.2, 0.25) is 5.02 Å². The third kappa shape index (κ3) is 4.37. The Morgan fingerprint density at radius 3 is 2.31 bits per heavy atom. The van der Waals surface area contributed by atoms with Crippen molar-refractivity contribution >= 4 is 34.7 Å². The summed E-state index contributed by atoms with van der Waals surface area (Å²) in [7, 11) is 1.32. The van der Waals surface area contributed by atoms with E-state index in [1.165, 1.54) is 37.4 Å².